The number of hydrogen-bond acceptors (Lipinski definition) is 4. The van der Waals surface area contributed by atoms with Crippen molar-refractivity contribution in [3.05, 3.63) is 0 Å². The van der Waals surface area contributed by atoms with Gasteiger partial charge in [-0.3, -0.25) is 4.79 Å². The van der Waals surface area contributed by atoms with Crippen LogP contribution in [-0.4, -0.2) is 33.2 Å². The van der Waals surface area contributed by atoms with E-state index in [-0.39, 0.29) is 25.3 Å². The minimum absolute atomic E-state index is 0. The SMILES string of the molecule is CCCCC(=O)O[SH](=O)=O.[LiH]. The normalized spacial score (nSPS) is 8.91. The van der Waals surface area contributed by atoms with Gasteiger partial charge in [-0.1, -0.05) is 13.3 Å². The number of thiol groups is 1. The first kappa shape index (κ1) is 13.6. The maximum atomic E-state index is 10.4. The predicted molar refractivity (Wildman–Crippen MR) is 43.1 cm³/mol. The maximum absolute atomic E-state index is 10.4. The van der Waals surface area contributed by atoms with Crippen molar-refractivity contribution in [3.8, 4) is 0 Å². The summed E-state index contributed by atoms with van der Waals surface area (Å²) in [7, 11) is -3.01. The molecule has 0 aliphatic carbocycles. The van der Waals surface area contributed by atoms with Crippen LogP contribution in [0.1, 0.15) is 26.2 Å². The molecule has 11 heavy (non-hydrogen) atoms. The standard InChI is InChI=1S/C5H10O4S.Li.H/c1-2-3-4-5(6)9-10(7)8;;/h10H,2-4H2,1H3;;. The number of hydrogen-bond donors (Lipinski definition) is 1. The summed E-state index contributed by atoms with van der Waals surface area (Å²) in [6, 6.07) is 0. The van der Waals surface area contributed by atoms with Crippen molar-refractivity contribution in [2.24, 2.45) is 0 Å². The second-order valence-corrected chi connectivity index (χ2v) is 2.42. The molecule has 0 saturated carbocycles. The molecular weight excluding hydrogens is 163 g/mol. The summed E-state index contributed by atoms with van der Waals surface area (Å²) < 4.78 is 23.4. The summed E-state index contributed by atoms with van der Waals surface area (Å²) in [5.41, 5.74) is 0. The van der Waals surface area contributed by atoms with E-state index >= 15 is 0 Å². The molecule has 0 aromatic rings. The van der Waals surface area contributed by atoms with E-state index in [9.17, 15) is 13.2 Å². The number of unbranched alkanes of at least 4 members (excludes halogenated alkanes) is 1. The average Bonchev–Trinajstić information content (AvgIpc) is 1.82. The topological polar surface area (TPSA) is 60.4 Å². The molecule has 0 bridgehead atoms. The molecule has 0 aromatic carbocycles. The van der Waals surface area contributed by atoms with Gasteiger partial charge in [0.1, 0.15) is 0 Å². The van der Waals surface area contributed by atoms with Crippen molar-refractivity contribution in [3.63, 3.8) is 0 Å². The first-order valence-electron chi connectivity index (χ1n) is 3.02. The van der Waals surface area contributed by atoms with Crippen LogP contribution in [0.4, 0.5) is 0 Å². The monoisotopic (exact) mass is 174 g/mol. The fraction of sp³-hybridized carbons (Fsp3) is 0.800. The van der Waals surface area contributed by atoms with Crippen molar-refractivity contribution in [2.75, 3.05) is 0 Å². The first-order chi connectivity index (χ1) is 4.66. The summed E-state index contributed by atoms with van der Waals surface area (Å²) in [4.78, 5) is 10.4. The molecule has 0 amide bonds. The van der Waals surface area contributed by atoms with Crippen molar-refractivity contribution in [1.82, 2.24) is 0 Å². The van der Waals surface area contributed by atoms with Crippen LogP contribution in [0.25, 0.3) is 0 Å². The van der Waals surface area contributed by atoms with Crippen LogP contribution in [0, 0.1) is 0 Å². The van der Waals surface area contributed by atoms with Gasteiger partial charge in [0.05, 0.1) is 0 Å². The molecule has 4 nitrogen and oxygen atoms in total. The van der Waals surface area contributed by atoms with Gasteiger partial charge in [0.25, 0.3) is 0 Å². The average molecular weight is 174 g/mol. The molecule has 0 atom stereocenters. The molecule has 0 spiro atoms. The molecule has 62 valence electrons. The van der Waals surface area contributed by atoms with E-state index in [1.54, 1.807) is 0 Å². The van der Waals surface area contributed by atoms with Crippen LogP contribution in [0.15, 0.2) is 0 Å². The summed E-state index contributed by atoms with van der Waals surface area (Å²) in [6.45, 7) is 1.91. The van der Waals surface area contributed by atoms with Crippen LogP contribution in [0.5, 0.6) is 0 Å². The Hall–Kier alpha value is 0.0174. The van der Waals surface area contributed by atoms with Gasteiger partial charge >= 0.3 is 35.8 Å². The molecule has 0 aliphatic rings. The van der Waals surface area contributed by atoms with Crippen LogP contribution < -0.4 is 0 Å². The zero-order chi connectivity index (χ0) is 7.98. The van der Waals surface area contributed by atoms with Crippen LogP contribution in [-0.2, 0) is 20.0 Å². The third kappa shape index (κ3) is 10.0. The van der Waals surface area contributed by atoms with E-state index < -0.39 is 17.0 Å². The fourth-order valence-electron chi connectivity index (χ4n) is 0.450. The Morgan fingerprint density at radius 2 is 2.00 bits per heavy atom. The third-order valence-electron chi connectivity index (χ3n) is 0.911. The van der Waals surface area contributed by atoms with Crippen molar-refractivity contribution >= 4 is 35.8 Å². The molecule has 0 aliphatic heterocycles. The Labute approximate surface area is 79.6 Å². The molecule has 0 fully saturated rings. The first-order valence-corrected chi connectivity index (χ1v) is 4.11. The second-order valence-electron chi connectivity index (χ2n) is 1.79. The number of carbonyl (C=O) groups excluding carboxylic acids is 1. The van der Waals surface area contributed by atoms with E-state index in [0.717, 1.165) is 6.42 Å². The zero-order valence-electron chi connectivity index (χ0n) is 5.70. The van der Waals surface area contributed by atoms with E-state index in [4.69, 9.17) is 0 Å². The Bertz CT molecular complexity index is 169. The molecule has 0 radical (unpaired) electrons. The van der Waals surface area contributed by atoms with Gasteiger partial charge in [-0.2, -0.15) is 8.42 Å². The van der Waals surface area contributed by atoms with Crippen molar-refractivity contribution in [1.29, 1.82) is 0 Å². The van der Waals surface area contributed by atoms with E-state index in [0.29, 0.717) is 6.42 Å². The van der Waals surface area contributed by atoms with E-state index in [1.807, 2.05) is 6.92 Å². The Morgan fingerprint density at radius 1 is 1.45 bits per heavy atom. The number of rotatable bonds is 4. The van der Waals surface area contributed by atoms with Crippen LogP contribution in [0.3, 0.4) is 0 Å². The van der Waals surface area contributed by atoms with Crippen LogP contribution in [0.2, 0.25) is 0 Å². The zero-order valence-corrected chi connectivity index (χ0v) is 6.60. The molecule has 0 rings (SSSR count). The molecule has 0 saturated heterocycles. The molecule has 0 unspecified atom stereocenters. The number of carbonyl (C=O) groups is 1. The van der Waals surface area contributed by atoms with Gasteiger partial charge in [0.2, 0.25) is 0 Å². The molecular formula is C5H11LiO4S. The summed E-state index contributed by atoms with van der Waals surface area (Å²) in [5.74, 6) is -0.669. The molecule has 0 aromatic heterocycles. The van der Waals surface area contributed by atoms with Gasteiger partial charge in [0.15, 0.2) is 0 Å². The van der Waals surface area contributed by atoms with E-state index in [1.165, 1.54) is 0 Å². The summed E-state index contributed by atoms with van der Waals surface area (Å²) in [6.07, 6.45) is 1.70. The summed E-state index contributed by atoms with van der Waals surface area (Å²) >= 11 is 0. The van der Waals surface area contributed by atoms with Crippen LogP contribution >= 0.6 is 0 Å². The van der Waals surface area contributed by atoms with Gasteiger partial charge < -0.3 is 4.18 Å². The molecule has 6 heteroatoms. The third-order valence-corrected chi connectivity index (χ3v) is 1.26. The Balaban J connectivity index is 0. The van der Waals surface area contributed by atoms with Gasteiger partial charge in [-0.05, 0) is 6.42 Å². The molecule has 0 heterocycles. The molecule has 0 N–H and O–H groups in total. The van der Waals surface area contributed by atoms with E-state index in [2.05, 4.69) is 4.18 Å². The summed E-state index contributed by atoms with van der Waals surface area (Å²) in [5, 5.41) is 0. The van der Waals surface area contributed by atoms with Gasteiger partial charge in [0, 0.05) is 6.42 Å². The second kappa shape index (κ2) is 8.12. The van der Waals surface area contributed by atoms with Gasteiger partial charge in [-0.25, -0.2) is 0 Å². The van der Waals surface area contributed by atoms with Crippen molar-refractivity contribution in [2.45, 2.75) is 26.2 Å². The fourth-order valence-corrected chi connectivity index (χ4v) is 0.707. The minimum atomic E-state index is -3.01. The predicted octanol–water partition coefficient (Wildman–Crippen LogP) is -0.402. The van der Waals surface area contributed by atoms with Crippen molar-refractivity contribution < 1.29 is 17.4 Å². The quantitative estimate of drug-likeness (QED) is 0.465. The Kier molecular flexibility index (Phi) is 10.0. The Morgan fingerprint density at radius 3 is 2.36 bits per heavy atom. The van der Waals surface area contributed by atoms with Gasteiger partial charge in [-0.15, -0.1) is 0 Å².